The number of nitrogens with zero attached hydrogens (tertiary/aromatic N) is 1. The van der Waals surface area contributed by atoms with Crippen molar-refractivity contribution in [1.29, 1.82) is 0 Å². The zero-order chi connectivity index (χ0) is 19.5. The van der Waals surface area contributed by atoms with Gasteiger partial charge in [-0.2, -0.15) is 0 Å². The molecule has 0 aromatic rings. The van der Waals surface area contributed by atoms with E-state index in [4.69, 9.17) is 16.6 Å². The van der Waals surface area contributed by atoms with E-state index in [1.54, 1.807) is 0 Å². The van der Waals surface area contributed by atoms with Gasteiger partial charge >= 0.3 is 11.9 Å². The summed E-state index contributed by atoms with van der Waals surface area (Å²) >= 11 is 0. The second-order valence-corrected chi connectivity index (χ2v) is 6.23. The Balaban J connectivity index is -0.000000377. The second-order valence-electron chi connectivity index (χ2n) is 6.23. The van der Waals surface area contributed by atoms with Crippen LogP contribution in [0.1, 0.15) is 26.2 Å². The van der Waals surface area contributed by atoms with Crippen LogP contribution in [0.15, 0.2) is 0 Å². The van der Waals surface area contributed by atoms with E-state index in [0.29, 0.717) is 11.0 Å². The average molecular weight is 386 g/mol. The lowest BCUT2D eigenvalue weighted by Crippen LogP contribution is -2.43. The Morgan fingerprint density at radius 3 is 2.00 bits per heavy atom. The van der Waals surface area contributed by atoms with E-state index in [9.17, 15) is 24.3 Å². The first-order valence-electron chi connectivity index (χ1n) is 7.19. The molecule has 148 valence electrons. The Morgan fingerprint density at radius 2 is 1.68 bits per heavy atom. The highest BCUT2D eigenvalue weighted by atomic mass is 35.5. The van der Waals surface area contributed by atoms with E-state index in [1.165, 1.54) is 0 Å². The van der Waals surface area contributed by atoms with Crippen molar-refractivity contribution in [2.75, 3.05) is 27.7 Å². The van der Waals surface area contributed by atoms with Gasteiger partial charge in [0.25, 0.3) is 0 Å². The number of hydrogen-bond acceptors (Lipinski definition) is 8. The quantitative estimate of drug-likeness (QED) is 0.229. The van der Waals surface area contributed by atoms with Crippen molar-refractivity contribution in [3.63, 3.8) is 0 Å². The van der Waals surface area contributed by atoms with Crippen LogP contribution < -0.4 is 16.6 Å². The molecule has 0 aromatic carbocycles. The Bertz CT molecular complexity index is 452. The van der Waals surface area contributed by atoms with Crippen molar-refractivity contribution < 1.29 is 38.6 Å². The fourth-order valence-electron chi connectivity index (χ4n) is 1.52. The molecule has 0 rings (SSSR count). The van der Waals surface area contributed by atoms with Gasteiger partial charge in [0.2, 0.25) is 5.91 Å². The highest BCUT2D eigenvalue weighted by Gasteiger charge is 2.17. The number of quaternary nitrogens is 1. The average Bonchev–Trinajstić information content (AvgIpc) is 2.32. The SMILES string of the molecule is CC(=O)OC(=O)[C@@H](N)CCC(N)=O.C[N+](C)(C)C[C@H](O)CC(=O)[O-].Cl. The predicted molar refractivity (Wildman–Crippen MR) is 89.0 cm³/mol. The normalized spacial score (nSPS) is 12.6. The number of likely N-dealkylation sites (N-methyl/N-ethyl adjacent to an activating group) is 1. The van der Waals surface area contributed by atoms with Crippen molar-refractivity contribution in [2.45, 2.75) is 38.3 Å². The highest BCUT2D eigenvalue weighted by Crippen LogP contribution is 1.98. The number of carbonyl (C=O) groups is 4. The zero-order valence-electron chi connectivity index (χ0n) is 14.9. The molecule has 0 aromatic heterocycles. The van der Waals surface area contributed by atoms with Crippen molar-refractivity contribution in [3.8, 4) is 0 Å². The molecule has 0 bridgehead atoms. The zero-order valence-corrected chi connectivity index (χ0v) is 15.7. The minimum absolute atomic E-state index is 0. The van der Waals surface area contributed by atoms with Gasteiger partial charge in [-0.1, -0.05) is 0 Å². The molecule has 10 nitrogen and oxygen atoms in total. The van der Waals surface area contributed by atoms with Gasteiger partial charge in [0.15, 0.2) is 0 Å². The maximum absolute atomic E-state index is 10.8. The van der Waals surface area contributed by atoms with Crippen LogP contribution in [0.3, 0.4) is 0 Å². The number of esters is 2. The standard InChI is InChI=1S/C7H12N2O4.C7H15NO3.ClH/c1-4(10)13-7(12)5(8)2-3-6(9)11;1-8(2,3)5-6(9)4-7(10)11;/h5H,2-3,8H2,1H3,(H2,9,11);6,9H,4-5H2,1-3H3;1H/t5-;6-;/m01./s1. The van der Waals surface area contributed by atoms with Gasteiger partial charge in [-0.25, -0.2) is 4.79 Å². The summed E-state index contributed by atoms with van der Waals surface area (Å²) < 4.78 is 4.74. The minimum Gasteiger partial charge on any atom is -0.550 e. The number of aliphatic hydroxyl groups is 1. The van der Waals surface area contributed by atoms with Gasteiger partial charge in [-0.15, -0.1) is 12.4 Å². The first kappa shape index (κ1) is 28.1. The largest absolute Gasteiger partial charge is 0.550 e. The number of carboxylic acid groups (broad SMARTS) is 1. The van der Waals surface area contributed by atoms with Gasteiger partial charge in [0.05, 0.1) is 21.1 Å². The van der Waals surface area contributed by atoms with Crippen molar-refractivity contribution in [1.82, 2.24) is 0 Å². The molecule has 0 aliphatic rings. The number of rotatable bonds is 8. The van der Waals surface area contributed by atoms with E-state index in [1.807, 2.05) is 21.1 Å². The summed E-state index contributed by atoms with van der Waals surface area (Å²) in [4.78, 5) is 41.5. The maximum atomic E-state index is 10.8. The lowest BCUT2D eigenvalue weighted by Gasteiger charge is -2.26. The molecule has 11 heteroatoms. The molecular formula is C14H28ClN3O7. The molecule has 0 saturated carbocycles. The summed E-state index contributed by atoms with van der Waals surface area (Å²) in [5.74, 6) is -3.31. The first-order valence-corrected chi connectivity index (χ1v) is 7.19. The number of primary amides is 1. The smallest absolute Gasteiger partial charge is 0.330 e. The third kappa shape index (κ3) is 22.2. The fraction of sp³-hybridized carbons (Fsp3) is 0.714. The number of carboxylic acids is 1. The Morgan fingerprint density at radius 1 is 1.20 bits per heavy atom. The van der Waals surface area contributed by atoms with Crippen molar-refractivity contribution in [3.05, 3.63) is 0 Å². The van der Waals surface area contributed by atoms with E-state index >= 15 is 0 Å². The molecule has 0 aliphatic heterocycles. The van der Waals surface area contributed by atoms with Gasteiger partial charge < -0.3 is 35.7 Å². The van der Waals surface area contributed by atoms with E-state index < -0.39 is 36.0 Å². The van der Waals surface area contributed by atoms with Crippen LogP contribution in [0, 0.1) is 0 Å². The van der Waals surface area contributed by atoms with Gasteiger partial charge in [0.1, 0.15) is 18.7 Å². The topological polar surface area (TPSA) is 173 Å². The summed E-state index contributed by atoms with van der Waals surface area (Å²) in [6.07, 6.45) is -1.01. The van der Waals surface area contributed by atoms with Gasteiger partial charge in [0, 0.05) is 25.7 Å². The van der Waals surface area contributed by atoms with Gasteiger partial charge in [-0.05, 0) is 6.42 Å². The molecule has 0 fully saturated rings. The van der Waals surface area contributed by atoms with Crippen LogP contribution in [-0.4, -0.2) is 73.2 Å². The molecule has 2 atom stereocenters. The molecule has 25 heavy (non-hydrogen) atoms. The number of ether oxygens (including phenoxy) is 1. The number of nitrogens with two attached hydrogens (primary N) is 2. The van der Waals surface area contributed by atoms with Crippen LogP contribution >= 0.6 is 12.4 Å². The van der Waals surface area contributed by atoms with E-state index in [-0.39, 0.29) is 31.7 Å². The summed E-state index contributed by atoms with van der Waals surface area (Å²) in [6.45, 7) is 1.52. The monoisotopic (exact) mass is 385 g/mol. The number of halogens is 1. The Hall–Kier alpha value is -1.75. The Labute approximate surface area is 153 Å². The maximum Gasteiger partial charge on any atom is 0.330 e. The third-order valence-corrected chi connectivity index (χ3v) is 2.41. The molecule has 0 heterocycles. The first-order chi connectivity index (χ1) is 10.7. The third-order valence-electron chi connectivity index (χ3n) is 2.41. The minimum atomic E-state index is -1.20. The molecular weight excluding hydrogens is 358 g/mol. The molecule has 0 unspecified atom stereocenters. The highest BCUT2D eigenvalue weighted by molar-refractivity contribution is 5.87. The summed E-state index contributed by atoms with van der Waals surface area (Å²) in [6, 6.07) is -0.976. The summed E-state index contributed by atoms with van der Waals surface area (Å²) in [5.41, 5.74) is 10.1. The number of aliphatic hydroxyl groups excluding tert-OH is 1. The van der Waals surface area contributed by atoms with E-state index in [0.717, 1.165) is 6.92 Å². The predicted octanol–water partition coefficient (Wildman–Crippen LogP) is -2.72. The lowest BCUT2D eigenvalue weighted by molar-refractivity contribution is -0.873. The second kappa shape index (κ2) is 13.5. The number of amides is 1. The van der Waals surface area contributed by atoms with Crippen LogP contribution in [0.25, 0.3) is 0 Å². The van der Waals surface area contributed by atoms with Crippen LogP contribution in [0.4, 0.5) is 0 Å². The lowest BCUT2D eigenvalue weighted by atomic mass is 10.1. The molecule has 1 amide bonds. The van der Waals surface area contributed by atoms with Crippen molar-refractivity contribution in [2.24, 2.45) is 11.5 Å². The van der Waals surface area contributed by atoms with Crippen LogP contribution in [-0.2, 0) is 23.9 Å². The molecule has 0 aliphatic carbocycles. The Kier molecular flexibility index (Phi) is 15.2. The van der Waals surface area contributed by atoms with Crippen LogP contribution in [0.5, 0.6) is 0 Å². The molecule has 5 N–H and O–H groups in total. The molecule has 0 saturated heterocycles. The summed E-state index contributed by atoms with van der Waals surface area (Å²) in [7, 11) is 5.66. The van der Waals surface area contributed by atoms with Crippen LogP contribution in [0.2, 0.25) is 0 Å². The fourth-order valence-corrected chi connectivity index (χ4v) is 1.52. The van der Waals surface area contributed by atoms with Crippen molar-refractivity contribution >= 4 is 36.2 Å². The number of hydrogen-bond donors (Lipinski definition) is 3. The molecule has 0 radical (unpaired) electrons. The number of aliphatic carboxylic acids is 1. The van der Waals surface area contributed by atoms with Gasteiger partial charge in [-0.3, -0.25) is 9.59 Å². The van der Waals surface area contributed by atoms with E-state index in [2.05, 4.69) is 4.74 Å². The summed E-state index contributed by atoms with van der Waals surface area (Å²) in [5, 5.41) is 19.1. The number of carbonyl (C=O) groups excluding carboxylic acids is 4. The molecule has 0 spiro atoms.